The SMILES string of the molecule is CCOc1cccc(N)c1C(=O)OC1CCCCC1C. The first-order valence-electron chi connectivity index (χ1n) is 7.35. The minimum atomic E-state index is -0.370. The van der Waals surface area contributed by atoms with Gasteiger partial charge in [0.05, 0.1) is 6.61 Å². The van der Waals surface area contributed by atoms with Crippen molar-refractivity contribution >= 4 is 11.7 Å². The third-order valence-electron chi connectivity index (χ3n) is 3.85. The highest BCUT2D eigenvalue weighted by molar-refractivity contribution is 5.98. The van der Waals surface area contributed by atoms with Gasteiger partial charge in [-0.1, -0.05) is 19.4 Å². The molecule has 0 aromatic heterocycles. The predicted octanol–water partition coefficient (Wildman–Crippen LogP) is 3.40. The van der Waals surface area contributed by atoms with Crippen LogP contribution in [0.5, 0.6) is 5.75 Å². The van der Waals surface area contributed by atoms with Crippen molar-refractivity contribution in [3.8, 4) is 5.75 Å². The highest BCUT2D eigenvalue weighted by atomic mass is 16.5. The van der Waals surface area contributed by atoms with E-state index in [2.05, 4.69) is 6.92 Å². The molecular formula is C16H23NO3. The highest BCUT2D eigenvalue weighted by Gasteiger charge is 2.27. The molecule has 20 heavy (non-hydrogen) atoms. The number of rotatable bonds is 4. The van der Waals surface area contributed by atoms with E-state index in [0.29, 0.717) is 29.5 Å². The quantitative estimate of drug-likeness (QED) is 0.676. The Balaban J connectivity index is 2.16. The molecule has 0 saturated heterocycles. The van der Waals surface area contributed by atoms with Gasteiger partial charge in [-0.25, -0.2) is 4.79 Å². The molecular weight excluding hydrogens is 254 g/mol. The molecule has 1 fully saturated rings. The van der Waals surface area contributed by atoms with Crippen molar-refractivity contribution in [2.24, 2.45) is 5.92 Å². The average Bonchev–Trinajstić information content (AvgIpc) is 2.42. The van der Waals surface area contributed by atoms with Crippen LogP contribution in [0.3, 0.4) is 0 Å². The zero-order chi connectivity index (χ0) is 14.5. The molecule has 0 aliphatic heterocycles. The monoisotopic (exact) mass is 277 g/mol. The number of nitrogen functional groups attached to an aromatic ring is 1. The predicted molar refractivity (Wildman–Crippen MR) is 78.9 cm³/mol. The lowest BCUT2D eigenvalue weighted by Crippen LogP contribution is -2.28. The lowest BCUT2D eigenvalue weighted by Gasteiger charge is -2.28. The summed E-state index contributed by atoms with van der Waals surface area (Å²) in [5, 5.41) is 0. The Kier molecular flexibility index (Phi) is 4.88. The van der Waals surface area contributed by atoms with Gasteiger partial charge in [-0.15, -0.1) is 0 Å². The van der Waals surface area contributed by atoms with Crippen LogP contribution in [-0.4, -0.2) is 18.7 Å². The minimum absolute atomic E-state index is 0.00895. The van der Waals surface area contributed by atoms with Gasteiger partial charge in [0.15, 0.2) is 0 Å². The summed E-state index contributed by atoms with van der Waals surface area (Å²) in [6.45, 7) is 4.50. The van der Waals surface area contributed by atoms with Crippen LogP contribution in [0.15, 0.2) is 18.2 Å². The van der Waals surface area contributed by atoms with Gasteiger partial charge in [-0.3, -0.25) is 0 Å². The van der Waals surface area contributed by atoms with E-state index >= 15 is 0 Å². The lowest BCUT2D eigenvalue weighted by molar-refractivity contribution is 0.00460. The van der Waals surface area contributed by atoms with E-state index in [1.807, 2.05) is 6.92 Å². The summed E-state index contributed by atoms with van der Waals surface area (Å²) in [5.74, 6) is 0.541. The third kappa shape index (κ3) is 3.24. The zero-order valence-corrected chi connectivity index (χ0v) is 12.2. The Hall–Kier alpha value is -1.71. The smallest absolute Gasteiger partial charge is 0.344 e. The number of ether oxygens (including phenoxy) is 2. The Bertz CT molecular complexity index is 473. The number of esters is 1. The topological polar surface area (TPSA) is 61.5 Å². The molecule has 1 aliphatic carbocycles. The van der Waals surface area contributed by atoms with Gasteiger partial charge >= 0.3 is 5.97 Å². The molecule has 0 bridgehead atoms. The highest BCUT2D eigenvalue weighted by Crippen LogP contribution is 2.30. The van der Waals surface area contributed by atoms with Crippen LogP contribution >= 0.6 is 0 Å². The second-order valence-corrected chi connectivity index (χ2v) is 5.36. The van der Waals surface area contributed by atoms with Crippen LogP contribution < -0.4 is 10.5 Å². The molecule has 1 saturated carbocycles. The molecule has 0 heterocycles. The van der Waals surface area contributed by atoms with Crippen LogP contribution in [0, 0.1) is 5.92 Å². The number of anilines is 1. The van der Waals surface area contributed by atoms with E-state index < -0.39 is 0 Å². The Morgan fingerprint density at radius 3 is 2.80 bits per heavy atom. The second-order valence-electron chi connectivity index (χ2n) is 5.36. The molecule has 1 aromatic carbocycles. The van der Waals surface area contributed by atoms with E-state index in [1.54, 1.807) is 18.2 Å². The Morgan fingerprint density at radius 2 is 2.10 bits per heavy atom. The summed E-state index contributed by atoms with van der Waals surface area (Å²) in [5.41, 5.74) is 6.67. The summed E-state index contributed by atoms with van der Waals surface area (Å²) >= 11 is 0. The molecule has 2 rings (SSSR count). The van der Waals surface area contributed by atoms with Gasteiger partial charge in [0.25, 0.3) is 0 Å². The second kappa shape index (κ2) is 6.64. The zero-order valence-electron chi connectivity index (χ0n) is 12.2. The van der Waals surface area contributed by atoms with Crippen molar-refractivity contribution < 1.29 is 14.3 Å². The van der Waals surface area contributed by atoms with Crippen LogP contribution in [-0.2, 0) is 4.74 Å². The summed E-state index contributed by atoms with van der Waals surface area (Å²) in [4.78, 5) is 12.4. The molecule has 0 radical (unpaired) electrons. The minimum Gasteiger partial charge on any atom is -0.493 e. The fraction of sp³-hybridized carbons (Fsp3) is 0.562. The van der Waals surface area contributed by atoms with E-state index in [9.17, 15) is 4.79 Å². The van der Waals surface area contributed by atoms with Crippen LogP contribution in [0.1, 0.15) is 49.9 Å². The number of hydrogen-bond acceptors (Lipinski definition) is 4. The summed E-state index contributed by atoms with van der Waals surface area (Å²) in [6, 6.07) is 5.23. The van der Waals surface area contributed by atoms with Gasteiger partial charge in [0.2, 0.25) is 0 Å². The lowest BCUT2D eigenvalue weighted by atomic mass is 9.88. The molecule has 0 amide bonds. The molecule has 2 atom stereocenters. The number of hydrogen-bond donors (Lipinski definition) is 1. The van der Waals surface area contributed by atoms with Gasteiger partial charge in [0.1, 0.15) is 17.4 Å². The van der Waals surface area contributed by atoms with Gasteiger partial charge in [-0.2, -0.15) is 0 Å². The molecule has 110 valence electrons. The van der Waals surface area contributed by atoms with Gasteiger partial charge in [-0.05, 0) is 44.2 Å². The van der Waals surface area contributed by atoms with E-state index in [4.69, 9.17) is 15.2 Å². The van der Waals surface area contributed by atoms with E-state index in [0.717, 1.165) is 19.3 Å². The summed E-state index contributed by atoms with van der Waals surface area (Å²) < 4.78 is 11.1. The third-order valence-corrected chi connectivity index (χ3v) is 3.85. The molecule has 1 aliphatic rings. The molecule has 4 nitrogen and oxygen atoms in total. The maximum absolute atomic E-state index is 12.4. The van der Waals surface area contributed by atoms with Crippen molar-refractivity contribution in [3.63, 3.8) is 0 Å². The molecule has 2 N–H and O–H groups in total. The van der Waals surface area contributed by atoms with Crippen molar-refractivity contribution in [2.75, 3.05) is 12.3 Å². The van der Waals surface area contributed by atoms with Crippen molar-refractivity contribution in [3.05, 3.63) is 23.8 Å². The van der Waals surface area contributed by atoms with Gasteiger partial charge in [0, 0.05) is 5.69 Å². The molecule has 1 aromatic rings. The fourth-order valence-corrected chi connectivity index (χ4v) is 2.70. The van der Waals surface area contributed by atoms with Crippen LogP contribution in [0.2, 0.25) is 0 Å². The summed E-state index contributed by atoms with van der Waals surface area (Å²) in [7, 11) is 0. The van der Waals surface area contributed by atoms with Crippen LogP contribution in [0.25, 0.3) is 0 Å². The first kappa shape index (κ1) is 14.7. The fourth-order valence-electron chi connectivity index (χ4n) is 2.70. The maximum Gasteiger partial charge on any atom is 0.344 e. The maximum atomic E-state index is 12.4. The first-order chi connectivity index (χ1) is 9.63. The number of carbonyl (C=O) groups is 1. The number of benzene rings is 1. The molecule has 4 heteroatoms. The first-order valence-corrected chi connectivity index (χ1v) is 7.35. The molecule has 0 spiro atoms. The van der Waals surface area contributed by atoms with E-state index in [1.165, 1.54) is 6.42 Å². The van der Waals surface area contributed by atoms with Gasteiger partial charge < -0.3 is 15.2 Å². The Morgan fingerprint density at radius 1 is 1.35 bits per heavy atom. The van der Waals surface area contributed by atoms with Crippen molar-refractivity contribution in [1.29, 1.82) is 0 Å². The van der Waals surface area contributed by atoms with Crippen molar-refractivity contribution in [1.82, 2.24) is 0 Å². The normalized spacial score (nSPS) is 22.3. The largest absolute Gasteiger partial charge is 0.493 e. The van der Waals surface area contributed by atoms with Crippen LogP contribution in [0.4, 0.5) is 5.69 Å². The van der Waals surface area contributed by atoms with Crippen molar-refractivity contribution in [2.45, 2.75) is 45.6 Å². The number of nitrogens with two attached hydrogens (primary N) is 1. The average molecular weight is 277 g/mol. The standard InChI is InChI=1S/C16H23NO3/c1-3-19-14-10-6-8-12(17)15(14)16(18)20-13-9-5-4-7-11(13)2/h6,8,10-11,13H,3-5,7,9,17H2,1-2H3. The summed E-state index contributed by atoms with van der Waals surface area (Å²) in [6.07, 6.45) is 4.37. The molecule has 2 unspecified atom stereocenters. The Labute approximate surface area is 120 Å². The van der Waals surface area contributed by atoms with E-state index in [-0.39, 0.29) is 12.1 Å². The number of carbonyl (C=O) groups excluding carboxylic acids is 1.